The maximum absolute atomic E-state index is 14.3. The van der Waals surface area contributed by atoms with Gasteiger partial charge in [0.15, 0.2) is 0 Å². The van der Waals surface area contributed by atoms with Crippen LogP contribution >= 0.6 is 34.8 Å². The van der Waals surface area contributed by atoms with Crippen LogP contribution in [0, 0.1) is 11.3 Å². The van der Waals surface area contributed by atoms with Crippen LogP contribution in [0.1, 0.15) is 46.5 Å². The molecule has 1 aliphatic heterocycles. The van der Waals surface area contributed by atoms with Gasteiger partial charge in [0.1, 0.15) is 34.4 Å². The van der Waals surface area contributed by atoms with Crippen molar-refractivity contribution in [1.29, 1.82) is 0 Å². The summed E-state index contributed by atoms with van der Waals surface area (Å²) in [6.45, 7) is 9.32. The first-order valence-corrected chi connectivity index (χ1v) is 19.3. The van der Waals surface area contributed by atoms with Gasteiger partial charge in [-0.25, -0.2) is 18.4 Å². The van der Waals surface area contributed by atoms with E-state index >= 15 is 0 Å². The van der Waals surface area contributed by atoms with E-state index in [1.807, 2.05) is 20.8 Å². The first-order valence-electron chi connectivity index (χ1n) is 16.7. The van der Waals surface area contributed by atoms with Crippen LogP contribution in [-0.4, -0.2) is 83.6 Å². The number of methoxy groups -OCH3 is 1. The summed E-state index contributed by atoms with van der Waals surface area (Å²) in [6.07, 6.45) is 3.51. The Morgan fingerprint density at radius 3 is 2.44 bits per heavy atom. The molecule has 2 saturated carbocycles. The van der Waals surface area contributed by atoms with Crippen LogP contribution in [0.4, 0.5) is 5.82 Å². The van der Waals surface area contributed by atoms with Crippen LogP contribution in [-0.2, 0) is 24.4 Å². The van der Waals surface area contributed by atoms with Crippen LogP contribution in [0.5, 0.6) is 11.6 Å². The van der Waals surface area contributed by atoms with Crippen molar-refractivity contribution in [2.45, 2.75) is 75.4 Å². The van der Waals surface area contributed by atoms with E-state index in [1.54, 1.807) is 29.2 Å². The van der Waals surface area contributed by atoms with Gasteiger partial charge in [-0.3, -0.25) is 29.3 Å². The summed E-state index contributed by atoms with van der Waals surface area (Å²) in [5.41, 5.74) is -2.17. The fourth-order valence-corrected chi connectivity index (χ4v) is 8.75. The van der Waals surface area contributed by atoms with Crippen molar-refractivity contribution in [1.82, 2.24) is 24.9 Å². The predicted octanol–water partition coefficient (Wildman–Crippen LogP) is 5.14. The number of fused-ring (bicyclic) bond motifs is 1. The van der Waals surface area contributed by atoms with Gasteiger partial charge in [-0.2, -0.15) is 0 Å². The Morgan fingerprint density at radius 1 is 1.10 bits per heavy atom. The summed E-state index contributed by atoms with van der Waals surface area (Å²) in [5, 5.41) is 7.04. The third-order valence-corrected chi connectivity index (χ3v) is 12.1. The van der Waals surface area contributed by atoms with Crippen molar-refractivity contribution < 1.29 is 32.3 Å². The first kappa shape index (κ1) is 38.0. The Balaban J connectivity index is 1.32. The van der Waals surface area contributed by atoms with Crippen molar-refractivity contribution in [2.24, 2.45) is 11.3 Å². The number of imide groups is 1. The molecule has 3 amide bonds. The molecule has 52 heavy (non-hydrogen) atoms. The maximum Gasteiger partial charge on any atom is 0.254 e. The van der Waals surface area contributed by atoms with E-state index in [1.165, 1.54) is 25.4 Å². The van der Waals surface area contributed by atoms with Gasteiger partial charge in [-0.05, 0) is 55.0 Å². The van der Waals surface area contributed by atoms with Crippen molar-refractivity contribution in [2.75, 3.05) is 19.0 Å². The standard InChI is InChI=1S/C35H39Cl3N6O7S/c1-6-18-15-35(18,33(47)43-52(48,49)22-8-9-22)44-17-21(51-32-24-11-19(36)7-10-23(24)26(50-5)16-39-32)14-25(44)30(45)42-31(46)29(34(2,3)4)41-28-13-20(37)12-27(38)40-28/h6-7,10-13,16,18,21-22,25,29H,1,8-9,14-15,17H2,2-5H3,(H,40,41)(H,43,47)(H,42,45,46)/t18-,21-,25+,29-,35-/m1/s1. The number of carbonyl (C=O) groups is 3. The Bertz CT molecular complexity index is 2040. The van der Waals surface area contributed by atoms with E-state index in [2.05, 4.69) is 31.9 Å². The predicted molar refractivity (Wildman–Crippen MR) is 198 cm³/mol. The van der Waals surface area contributed by atoms with Crippen LogP contribution in [0.3, 0.4) is 0 Å². The number of anilines is 1. The molecule has 5 atom stereocenters. The third kappa shape index (κ3) is 7.67. The van der Waals surface area contributed by atoms with Gasteiger partial charge >= 0.3 is 0 Å². The van der Waals surface area contributed by atoms with E-state index in [0.717, 1.165) is 0 Å². The van der Waals surface area contributed by atoms with Crippen LogP contribution in [0.15, 0.2) is 49.2 Å². The van der Waals surface area contributed by atoms with Gasteiger partial charge < -0.3 is 14.8 Å². The highest BCUT2D eigenvalue weighted by Gasteiger charge is 2.67. The highest BCUT2D eigenvalue weighted by Crippen LogP contribution is 2.53. The number of likely N-dealkylation sites (tertiary alicyclic amines) is 1. The Kier molecular flexibility index (Phi) is 10.4. The zero-order valence-corrected chi connectivity index (χ0v) is 32.0. The molecular formula is C35H39Cl3N6O7S. The molecular weight excluding hydrogens is 755 g/mol. The molecule has 3 aliphatic rings. The zero-order valence-electron chi connectivity index (χ0n) is 28.9. The number of nitrogens with one attached hydrogen (secondary N) is 3. The van der Waals surface area contributed by atoms with E-state index in [-0.39, 0.29) is 36.2 Å². The number of carbonyl (C=O) groups excluding carboxylic acids is 3. The second-order valence-electron chi connectivity index (χ2n) is 14.4. The fourth-order valence-electron chi connectivity index (χ4n) is 6.75. The van der Waals surface area contributed by atoms with E-state index in [9.17, 15) is 22.8 Å². The number of sulfonamides is 1. The van der Waals surface area contributed by atoms with E-state index in [4.69, 9.17) is 44.3 Å². The smallest absolute Gasteiger partial charge is 0.254 e. The largest absolute Gasteiger partial charge is 0.494 e. The molecule has 3 aromatic rings. The molecule has 0 spiro atoms. The van der Waals surface area contributed by atoms with Gasteiger partial charge in [-0.1, -0.05) is 61.7 Å². The number of benzene rings is 1. The molecule has 0 bridgehead atoms. The maximum atomic E-state index is 14.3. The van der Waals surface area contributed by atoms with Gasteiger partial charge in [-0.15, -0.1) is 6.58 Å². The molecule has 3 N–H and O–H groups in total. The minimum Gasteiger partial charge on any atom is -0.494 e. The van der Waals surface area contributed by atoms with Crippen LogP contribution in [0.2, 0.25) is 15.2 Å². The van der Waals surface area contributed by atoms with Crippen molar-refractivity contribution in [3.05, 3.63) is 64.4 Å². The van der Waals surface area contributed by atoms with Gasteiger partial charge in [0.25, 0.3) is 5.91 Å². The number of aromatic nitrogens is 2. The molecule has 1 saturated heterocycles. The van der Waals surface area contributed by atoms with E-state index in [0.29, 0.717) is 39.4 Å². The van der Waals surface area contributed by atoms with Crippen LogP contribution in [0.25, 0.3) is 10.8 Å². The SMILES string of the molecule is C=C[C@@H]1C[C@@]1(C(=O)NS(=O)(=O)C1CC1)N1C[C@H](Oc2ncc(OC)c3ccc(Cl)cc23)C[C@H]1C(=O)NC(=O)[C@@H](Nc1cc(Cl)cc(Cl)n1)C(C)(C)C. The molecule has 13 nitrogen and oxygen atoms in total. The number of ether oxygens (including phenoxy) is 2. The summed E-state index contributed by atoms with van der Waals surface area (Å²) >= 11 is 18.6. The Labute approximate surface area is 316 Å². The lowest BCUT2D eigenvalue weighted by Gasteiger charge is -2.33. The van der Waals surface area contributed by atoms with Crippen molar-refractivity contribution in [3.63, 3.8) is 0 Å². The van der Waals surface area contributed by atoms with Gasteiger partial charge in [0.05, 0.1) is 24.6 Å². The normalized spacial score (nSPS) is 23.8. The lowest BCUT2D eigenvalue weighted by Crippen LogP contribution is -2.59. The zero-order chi connectivity index (χ0) is 37.7. The quantitative estimate of drug-likeness (QED) is 0.164. The molecule has 2 aromatic heterocycles. The molecule has 2 aliphatic carbocycles. The lowest BCUT2D eigenvalue weighted by molar-refractivity contribution is -0.136. The number of halogens is 3. The molecule has 3 fully saturated rings. The Hall–Kier alpha value is -3.69. The highest BCUT2D eigenvalue weighted by molar-refractivity contribution is 7.91. The molecule has 1 aromatic carbocycles. The minimum absolute atomic E-state index is 0.0230. The first-order chi connectivity index (χ1) is 24.5. The fraction of sp³-hybridized carbons (Fsp3) is 0.457. The number of nitrogens with zero attached hydrogens (tertiary/aromatic N) is 3. The summed E-state index contributed by atoms with van der Waals surface area (Å²) < 4.78 is 40.0. The number of pyridine rings is 2. The average molecular weight is 794 g/mol. The number of rotatable bonds is 12. The monoisotopic (exact) mass is 792 g/mol. The number of hydrogen-bond donors (Lipinski definition) is 3. The highest BCUT2D eigenvalue weighted by atomic mass is 35.5. The molecule has 0 radical (unpaired) electrons. The number of amides is 3. The average Bonchev–Trinajstić information content (AvgIpc) is 3.99. The lowest BCUT2D eigenvalue weighted by atomic mass is 9.86. The second-order valence-corrected chi connectivity index (χ2v) is 17.6. The third-order valence-electron chi connectivity index (χ3n) is 9.64. The van der Waals surface area contributed by atoms with Crippen molar-refractivity contribution in [3.8, 4) is 11.6 Å². The molecule has 3 heterocycles. The summed E-state index contributed by atoms with van der Waals surface area (Å²) in [7, 11) is -2.40. The second kappa shape index (κ2) is 14.3. The van der Waals surface area contributed by atoms with Gasteiger partial charge in [0.2, 0.25) is 27.7 Å². The minimum atomic E-state index is -3.92. The summed E-state index contributed by atoms with van der Waals surface area (Å²) in [6, 6.07) is 6.05. The molecule has 278 valence electrons. The van der Waals surface area contributed by atoms with Gasteiger partial charge in [0, 0.05) is 39.7 Å². The number of hydrogen-bond acceptors (Lipinski definition) is 11. The summed E-state index contributed by atoms with van der Waals surface area (Å²) in [5.74, 6) is -1.65. The van der Waals surface area contributed by atoms with Crippen LogP contribution < -0.4 is 24.8 Å². The van der Waals surface area contributed by atoms with Crippen molar-refractivity contribution >= 4 is 79.1 Å². The van der Waals surface area contributed by atoms with E-state index < -0.39 is 68.1 Å². The summed E-state index contributed by atoms with van der Waals surface area (Å²) in [4.78, 5) is 52.4. The topological polar surface area (TPSA) is 169 Å². The molecule has 6 rings (SSSR count). The molecule has 17 heteroatoms. The Morgan fingerprint density at radius 2 is 1.83 bits per heavy atom. The molecule has 0 unspecified atom stereocenters.